The molecule has 1 N–H and O–H groups in total. The molecule has 0 radical (unpaired) electrons. The van der Waals surface area contributed by atoms with E-state index >= 15 is 0 Å². The van der Waals surface area contributed by atoms with Gasteiger partial charge in [0.25, 0.3) is 0 Å². The van der Waals surface area contributed by atoms with E-state index in [1.165, 1.54) is 4.90 Å². The lowest BCUT2D eigenvalue weighted by Crippen LogP contribution is -2.49. The van der Waals surface area contributed by atoms with Crippen LogP contribution in [0.5, 0.6) is 0 Å². The number of hydrogen-bond acceptors (Lipinski definition) is 2. The van der Waals surface area contributed by atoms with Gasteiger partial charge in [0.05, 0.1) is 6.42 Å². The summed E-state index contributed by atoms with van der Waals surface area (Å²) in [5, 5.41) is 4.30. The Morgan fingerprint density at radius 3 is 2.18 bits per heavy atom. The maximum absolute atomic E-state index is 13.1. The summed E-state index contributed by atoms with van der Waals surface area (Å²) in [6.45, 7) is 5.56. The monoisotopic (exact) mass is 440 g/mol. The van der Waals surface area contributed by atoms with Crippen molar-refractivity contribution >= 4 is 46.6 Å². The van der Waals surface area contributed by atoms with Crippen molar-refractivity contribution < 1.29 is 9.59 Å². The van der Waals surface area contributed by atoms with Crippen LogP contribution in [0.15, 0.2) is 42.5 Å². The number of amides is 2. The number of halogens is 3. The van der Waals surface area contributed by atoms with Crippen molar-refractivity contribution in [1.82, 2.24) is 10.2 Å². The molecule has 0 fully saturated rings. The first-order valence-electron chi connectivity index (χ1n) is 8.96. The van der Waals surface area contributed by atoms with Gasteiger partial charge in [-0.2, -0.15) is 0 Å². The normalized spacial score (nSPS) is 12.0. The molecule has 0 bridgehead atoms. The van der Waals surface area contributed by atoms with Gasteiger partial charge in [0.15, 0.2) is 0 Å². The summed E-state index contributed by atoms with van der Waals surface area (Å²) >= 11 is 18.6. The van der Waals surface area contributed by atoms with E-state index in [-0.39, 0.29) is 30.8 Å². The molecule has 0 saturated heterocycles. The fourth-order valence-corrected chi connectivity index (χ4v) is 3.49. The Hall–Kier alpha value is -1.75. The van der Waals surface area contributed by atoms with Crippen LogP contribution in [0.2, 0.25) is 15.1 Å². The Kier molecular flexibility index (Phi) is 8.17. The van der Waals surface area contributed by atoms with Crippen molar-refractivity contribution in [3.8, 4) is 0 Å². The molecule has 4 nitrogen and oxygen atoms in total. The van der Waals surface area contributed by atoms with Gasteiger partial charge in [0, 0.05) is 33.2 Å². The zero-order valence-electron chi connectivity index (χ0n) is 16.0. The lowest BCUT2D eigenvalue weighted by Gasteiger charge is -2.30. The highest BCUT2D eigenvalue weighted by Gasteiger charge is 2.27. The molecule has 2 rings (SSSR count). The van der Waals surface area contributed by atoms with Gasteiger partial charge in [0.2, 0.25) is 11.8 Å². The maximum Gasteiger partial charge on any atom is 0.242 e. The minimum absolute atomic E-state index is 0.0382. The molecule has 0 aliphatic rings. The number of hydrogen-bond donors (Lipinski definition) is 1. The van der Waals surface area contributed by atoms with Crippen molar-refractivity contribution in [2.24, 2.45) is 0 Å². The average Bonchev–Trinajstić information content (AvgIpc) is 2.60. The van der Waals surface area contributed by atoms with Gasteiger partial charge in [-0.15, -0.1) is 0 Å². The predicted octanol–water partition coefficient (Wildman–Crippen LogP) is 5.13. The number of carbonyl (C=O) groups is 2. The summed E-state index contributed by atoms with van der Waals surface area (Å²) in [4.78, 5) is 27.2. The molecular formula is C21H23Cl3N2O2. The van der Waals surface area contributed by atoms with Crippen LogP contribution in [-0.2, 0) is 22.6 Å². The van der Waals surface area contributed by atoms with E-state index in [2.05, 4.69) is 5.32 Å². The van der Waals surface area contributed by atoms with Gasteiger partial charge in [-0.25, -0.2) is 0 Å². The molecule has 0 spiro atoms. The van der Waals surface area contributed by atoms with Gasteiger partial charge < -0.3 is 10.2 Å². The minimum atomic E-state index is -0.693. The van der Waals surface area contributed by atoms with Crippen LogP contribution >= 0.6 is 34.8 Å². The molecule has 0 heterocycles. The quantitative estimate of drug-likeness (QED) is 0.647. The molecular weight excluding hydrogens is 419 g/mol. The van der Waals surface area contributed by atoms with Crippen LogP contribution < -0.4 is 5.32 Å². The Labute approximate surface area is 180 Å². The van der Waals surface area contributed by atoms with E-state index in [1.807, 2.05) is 19.9 Å². The summed E-state index contributed by atoms with van der Waals surface area (Å²) in [6, 6.07) is 11.5. The number of carbonyl (C=O) groups excluding carboxylic acids is 2. The van der Waals surface area contributed by atoms with Gasteiger partial charge in [0.1, 0.15) is 6.04 Å². The Bertz CT molecular complexity index is 835. The highest BCUT2D eigenvalue weighted by Crippen LogP contribution is 2.27. The molecule has 28 heavy (non-hydrogen) atoms. The van der Waals surface area contributed by atoms with Crippen LogP contribution in [0.4, 0.5) is 0 Å². The molecule has 7 heteroatoms. The van der Waals surface area contributed by atoms with Crippen LogP contribution in [-0.4, -0.2) is 28.8 Å². The zero-order valence-corrected chi connectivity index (χ0v) is 18.3. The van der Waals surface area contributed by atoms with Crippen molar-refractivity contribution in [2.75, 3.05) is 0 Å². The third kappa shape index (κ3) is 6.13. The van der Waals surface area contributed by atoms with E-state index in [0.717, 1.165) is 5.56 Å². The van der Waals surface area contributed by atoms with E-state index in [4.69, 9.17) is 34.8 Å². The van der Waals surface area contributed by atoms with Crippen molar-refractivity contribution in [1.29, 1.82) is 0 Å². The van der Waals surface area contributed by atoms with Crippen LogP contribution in [0.25, 0.3) is 0 Å². The largest absolute Gasteiger partial charge is 0.352 e. The third-order valence-corrected chi connectivity index (χ3v) is 5.18. The van der Waals surface area contributed by atoms with E-state index in [1.54, 1.807) is 43.3 Å². The third-order valence-electron chi connectivity index (χ3n) is 4.23. The standard InChI is InChI=1S/C21H23Cl3N2O2/c1-13(2)25-21(28)14(3)26(12-17-18(23)8-5-9-19(17)24)20(27)11-15-6-4-7-16(22)10-15/h4-10,13-14H,11-12H2,1-3H3,(H,25,28). The first-order chi connectivity index (χ1) is 13.2. The SMILES string of the molecule is CC(C)NC(=O)C(C)N(Cc1c(Cl)cccc1Cl)C(=O)Cc1cccc(Cl)c1. The van der Waals surface area contributed by atoms with E-state index in [9.17, 15) is 9.59 Å². The van der Waals surface area contributed by atoms with Crippen molar-refractivity contribution in [3.05, 3.63) is 68.7 Å². The molecule has 2 amide bonds. The summed E-state index contributed by atoms with van der Waals surface area (Å²) in [6.07, 6.45) is 0.113. The molecule has 1 atom stereocenters. The maximum atomic E-state index is 13.1. The number of nitrogens with one attached hydrogen (secondary N) is 1. The minimum Gasteiger partial charge on any atom is -0.352 e. The average molecular weight is 442 g/mol. The van der Waals surface area contributed by atoms with Crippen LogP contribution in [0.3, 0.4) is 0 Å². The van der Waals surface area contributed by atoms with Crippen LogP contribution in [0, 0.1) is 0 Å². The van der Waals surface area contributed by atoms with Gasteiger partial charge >= 0.3 is 0 Å². The molecule has 0 aliphatic carbocycles. The molecule has 0 saturated carbocycles. The predicted molar refractivity (Wildman–Crippen MR) is 115 cm³/mol. The van der Waals surface area contributed by atoms with Gasteiger partial charge in [-0.3, -0.25) is 9.59 Å². The van der Waals surface area contributed by atoms with Crippen LogP contribution in [0.1, 0.15) is 31.9 Å². The molecule has 0 aromatic heterocycles. The second-order valence-corrected chi connectivity index (χ2v) is 8.12. The number of benzene rings is 2. The number of rotatable bonds is 7. The topological polar surface area (TPSA) is 49.4 Å². The summed E-state index contributed by atoms with van der Waals surface area (Å²) in [7, 11) is 0. The second kappa shape index (κ2) is 10.1. The molecule has 1 unspecified atom stereocenters. The summed E-state index contributed by atoms with van der Waals surface area (Å²) < 4.78 is 0. The second-order valence-electron chi connectivity index (χ2n) is 6.87. The molecule has 2 aromatic carbocycles. The van der Waals surface area contributed by atoms with Gasteiger partial charge in [-0.1, -0.05) is 53.0 Å². The lowest BCUT2D eigenvalue weighted by atomic mass is 10.1. The van der Waals surface area contributed by atoms with E-state index in [0.29, 0.717) is 20.6 Å². The molecule has 0 aliphatic heterocycles. The van der Waals surface area contributed by atoms with Crippen molar-refractivity contribution in [3.63, 3.8) is 0 Å². The number of nitrogens with zero attached hydrogens (tertiary/aromatic N) is 1. The van der Waals surface area contributed by atoms with Crippen molar-refractivity contribution in [2.45, 2.75) is 45.8 Å². The highest BCUT2D eigenvalue weighted by atomic mass is 35.5. The van der Waals surface area contributed by atoms with Gasteiger partial charge in [-0.05, 0) is 50.6 Å². The Balaban J connectivity index is 2.31. The first kappa shape index (κ1) is 22.5. The zero-order chi connectivity index (χ0) is 20.8. The Morgan fingerprint density at radius 1 is 1.00 bits per heavy atom. The smallest absolute Gasteiger partial charge is 0.242 e. The fraction of sp³-hybridized carbons (Fsp3) is 0.333. The van der Waals surface area contributed by atoms with E-state index < -0.39 is 6.04 Å². The fourth-order valence-electron chi connectivity index (χ4n) is 2.76. The summed E-state index contributed by atoms with van der Waals surface area (Å²) in [5.74, 6) is -0.456. The molecule has 2 aromatic rings. The highest BCUT2D eigenvalue weighted by molar-refractivity contribution is 6.36. The Morgan fingerprint density at radius 2 is 1.61 bits per heavy atom. The lowest BCUT2D eigenvalue weighted by molar-refractivity contribution is -0.140. The first-order valence-corrected chi connectivity index (χ1v) is 10.1. The molecule has 150 valence electrons. The summed E-state index contributed by atoms with van der Waals surface area (Å²) in [5.41, 5.74) is 1.37.